The fourth-order valence-corrected chi connectivity index (χ4v) is 1.28. The maximum atomic E-state index is 5.48. The molecule has 2 N–H and O–H groups in total. The number of likely N-dealkylation sites (N-methyl/N-ethyl adjacent to an activating group) is 1. The van der Waals surface area contributed by atoms with Gasteiger partial charge in [-0.05, 0) is 26.4 Å². The van der Waals surface area contributed by atoms with Gasteiger partial charge in [-0.25, -0.2) is 0 Å². The van der Waals surface area contributed by atoms with E-state index in [1.54, 1.807) is 0 Å². The van der Waals surface area contributed by atoms with Gasteiger partial charge >= 0.3 is 0 Å². The summed E-state index contributed by atoms with van der Waals surface area (Å²) in [5, 5.41) is 0. The highest BCUT2D eigenvalue weighted by molar-refractivity contribution is 5.85. The summed E-state index contributed by atoms with van der Waals surface area (Å²) in [7, 11) is 2.14. The van der Waals surface area contributed by atoms with E-state index in [1.807, 2.05) is 0 Å². The number of nitrogens with zero attached hydrogens (tertiary/aromatic N) is 1. The number of rotatable bonds is 1. The molecular formula is C6H15ClN2. The summed E-state index contributed by atoms with van der Waals surface area (Å²) in [6.07, 6.45) is 2.63. The molecule has 0 bridgehead atoms. The lowest BCUT2D eigenvalue weighted by atomic mass is 10.2. The van der Waals surface area contributed by atoms with Crippen LogP contribution in [0.25, 0.3) is 0 Å². The Morgan fingerprint density at radius 2 is 2.33 bits per heavy atom. The number of hydrogen-bond donors (Lipinski definition) is 1. The van der Waals surface area contributed by atoms with Crippen LogP contribution in [-0.2, 0) is 0 Å². The van der Waals surface area contributed by atoms with Gasteiger partial charge in [0, 0.05) is 12.6 Å². The van der Waals surface area contributed by atoms with Crippen molar-refractivity contribution in [1.82, 2.24) is 4.90 Å². The van der Waals surface area contributed by atoms with Gasteiger partial charge in [0.15, 0.2) is 0 Å². The molecule has 3 heteroatoms. The first-order valence-electron chi connectivity index (χ1n) is 3.25. The first-order valence-corrected chi connectivity index (χ1v) is 3.25. The van der Waals surface area contributed by atoms with Crippen molar-refractivity contribution in [3.63, 3.8) is 0 Å². The SMILES string of the molecule is CN1CCC[C@H]1CN.Cl. The van der Waals surface area contributed by atoms with Crippen LogP contribution in [0, 0.1) is 0 Å². The fraction of sp³-hybridized carbons (Fsp3) is 1.00. The summed E-state index contributed by atoms with van der Waals surface area (Å²) in [4.78, 5) is 2.33. The van der Waals surface area contributed by atoms with Crippen LogP contribution in [0.5, 0.6) is 0 Å². The van der Waals surface area contributed by atoms with E-state index in [-0.39, 0.29) is 12.4 Å². The van der Waals surface area contributed by atoms with Crippen LogP contribution in [0.1, 0.15) is 12.8 Å². The zero-order valence-electron chi connectivity index (χ0n) is 5.84. The molecule has 9 heavy (non-hydrogen) atoms. The molecule has 1 rings (SSSR count). The quantitative estimate of drug-likeness (QED) is 0.589. The van der Waals surface area contributed by atoms with E-state index >= 15 is 0 Å². The third kappa shape index (κ3) is 2.12. The van der Waals surface area contributed by atoms with Crippen molar-refractivity contribution in [2.45, 2.75) is 18.9 Å². The highest BCUT2D eigenvalue weighted by Gasteiger charge is 2.17. The molecule has 1 fully saturated rings. The first kappa shape index (κ1) is 9.21. The van der Waals surface area contributed by atoms with E-state index < -0.39 is 0 Å². The number of likely N-dealkylation sites (tertiary alicyclic amines) is 1. The zero-order valence-corrected chi connectivity index (χ0v) is 6.66. The van der Waals surface area contributed by atoms with Gasteiger partial charge in [0.1, 0.15) is 0 Å². The minimum atomic E-state index is 0. The fourth-order valence-electron chi connectivity index (χ4n) is 1.28. The maximum Gasteiger partial charge on any atom is 0.0215 e. The minimum Gasteiger partial charge on any atom is -0.329 e. The topological polar surface area (TPSA) is 29.3 Å². The standard InChI is InChI=1S/C6H14N2.ClH/c1-8-4-2-3-6(8)5-7;/h6H,2-5,7H2,1H3;1H/t6-;/m0./s1. The van der Waals surface area contributed by atoms with Gasteiger partial charge in [-0.1, -0.05) is 0 Å². The average molecular weight is 151 g/mol. The Balaban J connectivity index is 0.000000640. The van der Waals surface area contributed by atoms with Crippen molar-refractivity contribution in [3.8, 4) is 0 Å². The average Bonchev–Trinajstić information content (AvgIpc) is 2.14. The molecule has 0 aliphatic carbocycles. The maximum absolute atomic E-state index is 5.48. The molecule has 0 aromatic carbocycles. The van der Waals surface area contributed by atoms with Crippen molar-refractivity contribution in [3.05, 3.63) is 0 Å². The molecule has 0 amide bonds. The highest BCUT2D eigenvalue weighted by atomic mass is 35.5. The van der Waals surface area contributed by atoms with Crippen LogP contribution >= 0.6 is 12.4 Å². The predicted octanol–water partition coefficient (Wildman–Crippen LogP) is 0.461. The Labute approximate surface area is 62.8 Å². The largest absolute Gasteiger partial charge is 0.329 e. The molecule has 0 saturated carbocycles. The van der Waals surface area contributed by atoms with E-state index in [2.05, 4.69) is 11.9 Å². The molecule has 1 aliphatic heterocycles. The third-order valence-corrected chi connectivity index (χ3v) is 1.94. The molecule has 0 unspecified atom stereocenters. The molecule has 2 nitrogen and oxygen atoms in total. The molecule has 0 radical (unpaired) electrons. The molecule has 0 spiro atoms. The minimum absolute atomic E-state index is 0. The number of halogens is 1. The Hall–Kier alpha value is 0.210. The van der Waals surface area contributed by atoms with Gasteiger partial charge < -0.3 is 10.6 Å². The van der Waals surface area contributed by atoms with Crippen LogP contribution < -0.4 is 5.73 Å². The van der Waals surface area contributed by atoms with E-state index in [4.69, 9.17) is 5.73 Å². The van der Waals surface area contributed by atoms with Crippen molar-refractivity contribution in [1.29, 1.82) is 0 Å². The third-order valence-electron chi connectivity index (χ3n) is 1.94. The smallest absolute Gasteiger partial charge is 0.0215 e. The molecule has 1 atom stereocenters. The van der Waals surface area contributed by atoms with Gasteiger partial charge in [0.25, 0.3) is 0 Å². The molecule has 0 aromatic heterocycles. The second kappa shape index (κ2) is 4.09. The first-order chi connectivity index (χ1) is 3.84. The molecule has 1 saturated heterocycles. The van der Waals surface area contributed by atoms with Crippen LogP contribution in [0.4, 0.5) is 0 Å². The van der Waals surface area contributed by atoms with E-state index in [0.29, 0.717) is 6.04 Å². The van der Waals surface area contributed by atoms with Crippen molar-refractivity contribution >= 4 is 12.4 Å². The highest BCUT2D eigenvalue weighted by Crippen LogP contribution is 2.12. The number of nitrogens with two attached hydrogens (primary N) is 1. The summed E-state index contributed by atoms with van der Waals surface area (Å²) in [5.74, 6) is 0. The monoisotopic (exact) mass is 150 g/mol. The Bertz CT molecular complexity index is 77.5. The number of hydrogen-bond acceptors (Lipinski definition) is 2. The van der Waals surface area contributed by atoms with Crippen molar-refractivity contribution < 1.29 is 0 Å². The van der Waals surface area contributed by atoms with Gasteiger partial charge in [-0.3, -0.25) is 0 Å². The van der Waals surface area contributed by atoms with Crippen LogP contribution in [0.15, 0.2) is 0 Å². The second-order valence-corrected chi connectivity index (χ2v) is 2.51. The van der Waals surface area contributed by atoms with Crippen molar-refractivity contribution in [2.24, 2.45) is 5.73 Å². The summed E-state index contributed by atoms with van der Waals surface area (Å²) >= 11 is 0. The van der Waals surface area contributed by atoms with Gasteiger partial charge in [-0.2, -0.15) is 0 Å². The van der Waals surface area contributed by atoms with Crippen LogP contribution in [-0.4, -0.2) is 31.1 Å². The Morgan fingerprint density at radius 1 is 1.67 bits per heavy atom. The zero-order chi connectivity index (χ0) is 5.98. The molecular weight excluding hydrogens is 136 g/mol. The van der Waals surface area contributed by atoms with Crippen molar-refractivity contribution in [2.75, 3.05) is 20.1 Å². The summed E-state index contributed by atoms with van der Waals surface area (Å²) in [5.41, 5.74) is 5.48. The van der Waals surface area contributed by atoms with Crippen LogP contribution in [0.3, 0.4) is 0 Å². The summed E-state index contributed by atoms with van der Waals surface area (Å²) in [6.45, 7) is 2.07. The normalized spacial score (nSPS) is 28.0. The van der Waals surface area contributed by atoms with Gasteiger partial charge in [0.2, 0.25) is 0 Å². The van der Waals surface area contributed by atoms with E-state index in [9.17, 15) is 0 Å². The predicted molar refractivity (Wildman–Crippen MR) is 42.0 cm³/mol. The van der Waals surface area contributed by atoms with Crippen LogP contribution in [0.2, 0.25) is 0 Å². The summed E-state index contributed by atoms with van der Waals surface area (Å²) in [6, 6.07) is 0.676. The van der Waals surface area contributed by atoms with Gasteiger partial charge in [0.05, 0.1) is 0 Å². The molecule has 0 aromatic rings. The van der Waals surface area contributed by atoms with Gasteiger partial charge in [-0.15, -0.1) is 12.4 Å². The lowest BCUT2D eigenvalue weighted by molar-refractivity contribution is 0.317. The molecule has 1 heterocycles. The lowest BCUT2D eigenvalue weighted by Crippen LogP contribution is -2.31. The summed E-state index contributed by atoms with van der Waals surface area (Å²) < 4.78 is 0. The van der Waals surface area contributed by atoms with E-state index in [0.717, 1.165) is 6.54 Å². The van der Waals surface area contributed by atoms with E-state index in [1.165, 1.54) is 19.4 Å². The lowest BCUT2D eigenvalue weighted by Gasteiger charge is -2.15. The molecule has 56 valence electrons. The Kier molecular flexibility index (Phi) is 4.19. The molecule has 1 aliphatic rings. The Morgan fingerprint density at radius 3 is 2.56 bits per heavy atom. The second-order valence-electron chi connectivity index (χ2n) is 2.51.